The Morgan fingerprint density at radius 1 is 1.39 bits per heavy atom. The molecule has 18 heavy (non-hydrogen) atoms. The fourth-order valence-electron chi connectivity index (χ4n) is 2.11. The molecule has 0 aliphatic carbocycles. The van der Waals surface area contributed by atoms with Gasteiger partial charge in [-0.25, -0.2) is 0 Å². The molecule has 1 aromatic carbocycles. The van der Waals surface area contributed by atoms with Crippen LogP contribution in [-0.2, 0) is 4.79 Å². The number of rotatable bonds is 3. The first-order valence-electron chi connectivity index (χ1n) is 6.39. The number of nitrogens with zero attached hydrogens (tertiary/aromatic N) is 1. The zero-order valence-electron chi connectivity index (χ0n) is 11.0. The Morgan fingerprint density at radius 3 is 2.72 bits per heavy atom. The summed E-state index contributed by atoms with van der Waals surface area (Å²) in [5.74, 6) is 0.0734. The lowest BCUT2D eigenvalue weighted by Gasteiger charge is -2.22. The number of carbonyl (C=O) groups is 1. The first-order chi connectivity index (χ1) is 8.66. The standard InChI is InChI=1S/C15H20N2O/c1-12-3-5-13(6-4-12)7-8-15(18)17(2)14-9-10-16-11-14/h3-8,14,16H,9-11H2,1-2H3/b8-7+. The van der Waals surface area contributed by atoms with Crippen LogP contribution in [0.2, 0.25) is 0 Å². The van der Waals surface area contributed by atoms with E-state index in [0.29, 0.717) is 6.04 Å². The molecule has 1 unspecified atom stereocenters. The molecule has 1 saturated heterocycles. The average molecular weight is 244 g/mol. The molecule has 0 bridgehead atoms. The minimum atomic E-state index is 0.0734. The highest BCUT2D eigenvalue weighted by Gasteiger charge is 2.21. The second kappa shape index (κ2) is 5.83. The number of nitrogens with one attached hydrogen (secondary N) is 1. The van der Waals surface area contributed by atoms with E-state index in [9.17, 15) is 4.79 Å². The highest BCUT2D eigenvalue weighted by atomic mass is 16.2. The second-order valence-corrected chi connectivity index (χ2v) is 4.84. The molecule has 3 heteroatoms. The fraction of sp³-hybridized carbons (Fsp3) is 0.400. The smallest absolute Gasteiger partial charge is 0.246 e. The van der Waals surface area contributed by atoms with Gasteiger partial charge in [-0.2, -0.15) is 0 Å². The largest absolute Gasteiger partial charge is 0.338 e. The number of aryl methyl sites for hydroxylation is 1. The quantitative estimate of drug-likeness (QED) is 0.823. The molecule has 0 radical (unpaired) electrons. The van der Waals surface area contributed by atoms with Gasteiger partial charge in [0.2, 0.25) is 5.91 Å². The summed E-state index contributed by atoms with van der Waals surface area (Å²) in [5, 5.41) is 3.27. The SMILES string of the molecule is Cc1ccc(/C=C/C(=O)N(C)C2CCNC2)cc1. The Balaban J connectivity index is 1.95. The topological polar surface area (TPSA) is 32.3 Å². The van der Waals surface area contributed by atoms with Crippen molar-refractivity contribution in [2.24, 2.45) is 0 Å². The Bertz CT molecular complexity index is 430. The van der Waals surface area contributed by atoms with Gasteiger partial charge in [0, 0.05) is 25.7 Å². The lowest BCUT2D eigenvalue weighted by Crippen LogP contribution is -2.37. The molecule has 1 amide bonds. The van der Waals surface area contributed by atoms with Crippen LogP contribution in [-0.4, -0.2) is 37.0 Å². The molecule has 0 spiro atoms. The van der Waals surface area contributed by atoms with E-state index in [4.69, 9.17) is 0 Å². The Morgan fingerprint density at radius 2 is 2.11 bits per heavy atom. The van der Waals surface area contributed by atoms with Crippen LogP contribution in [0.25, 0.3) is 6.08 Å². The Kier molecular flexibility index (Phi) is 4.15. The van der Waals surface area contributed by atoms with E-state index in [2.05, 4.69) is 24.4 Å². The molecule has 1 atom stereocenters. The van der Waals surface area contributed by atoms with Gasteiger partial charge in [-0.3, -0.25) is 4.79 Å². The molecule has 2 rings (SSSR count). The highest BCUT2D eigenvalue weighted by Crippen LogP contribution is 2.09. The molecular formula is C15H20N2O. The van der Waals surface area contributed by atoms with Crippen LogP contribution in [0.4, 0.5) is 0 Å². The van der Waals surface area contributed by atoms with Crippen LogP contribution >= 0.6 is 0 Å². The lowest BCUT2D eigenvalue weighted by atomic mass is 10.1. The van der Waals surface area contributed by atoms with Crippen LogP contribution in [0, 0.1) is 6.92 Å². The van der Waals surface area contributed by atoms with Gasteiger partial charge in [-0.05, 0) is 31.5 Å². The third-order valence-corrected chi connectivity index (χ3v) is 3.43. The number of carbonyl (C=O) groups excluding carboxylic acids is 1. The van der Waals surface area contributed by atoms with Crippen molar-refractivity contribution in [3.8, 4) is 0 Å². The number of benzene rings is 1. The summed E-state index contributed by atoms with van der Waals surface area (Å²) in [6.07, 6.45) is 4.57. The normalized spacial score (nSPS) is 19.3. The van der Waals surface area contributed by atoms with E-state index in [-0.39, 0.29) is 5.91 Å². The van der Waals surface area contributed by atoms with E-state index >= 15 is 0 Å². The fourth-order valence-corrected chi connectivity index (χ4v) is 2.11. The molecular weight excluding hydrogens is 224 g/mol. The molecule has 96 valence electrons. The van der Waals surface area contributed by atoms with Crippen molar-refractivity contribution in [1.29, 1.82) is 0 Å². The van der Waals surface area contributed by atoms with Crippen molar-refractivity contribution >= 4 is 12.0 Å². The maximum atomic E-state index is 12.0. The maximum Gasteiger partial charge on any atom is 0.246 e. The minimum absolute atomic E-state index is 0.0734. The molecule has 1 aromatic rings. The second-order valence-electron chi connectivity index (χ2n) is 4.84. The summed E-state index contributed by atoms with van der Waals surface area (Å²) < 4.78 is 0. The third-order valence-electron chi connectivity index (χ3n) is 3.43. The van der Waals surface area contributed by atoms with Crippen molar-refractivity contribution in [1.82, 2.24) is 10.2 Å². The van der Waals surface area contributed by atoms with E-state index in [1.807, 2.05) is 30.2 Å². The number of likely N-dealkylation sites (N-methyl/N-ethyl adjacent to an activating group) is 1. The number of hydrogen-bond acceptors (Lipinski definition) is 2. The zero-order valence-corrected chi connectivity index (χ0v) is 11.0. The summed E-state index contributed by atoms with van der Waals surface area (Å²) in [4.78, 5) is 13.8. The first kappa shape index (κ1) is 12.8. The van der Waals surface area contributed by atoms with Gasteiger partial charge < -0.3 is 10.2 Å². The van der Waals surface area contributed by atoms with Crippen molar-refractivity contribution in [2.45, 2.75) is 19.4 Å². The summed E-state index contributed by atoms with van der Waals surface area (Å²) in [7, 11) is 1.87. The molecule has 0 saturated carbocycles. The van der Waals surface area contributed by atoms with Gasteiger partial charge in [0.25, 0.3) is 0 Å². The molecule has 1 heterocycles. The van der Waals surface area contributed by atoms with Gasteiger partial charge in [0.1, 0.15) is 0 Å². The monoisotopic (exact) mass is 244 g/mol. The van der Waals surface area contributed by atoms with Crippen LogP contribution in [0.15, 0.2) is 30.3 Å². The van der Waals surface area contributed by atoms with Gasteiger partial charge in [0.05, 0.1) is 0 Å². The van der Waals surface area contributed by atoms with E-state index in [1.54, 1.807) is 6.08 Å². The Labute approximate surface area is 108 Å². The molecule has 1 N–H and O–H groups in total. The van der Waals surface area contributed by atoms with E-state index in [0.717, 1.165) is 25.1 Å². The zero-order chi connectivity index (χ0) is 13.0. The van der Waals surface area contributed by atoms with Gasteiger partial charge in [-0.15, -0.1) is 0 Å². The summed E-state index contributed by atoms with van der Waals surface area (Å²) in [6, 6.07) is 8.48. The van der Waals surface area contributed by atoms with Gasteiger partial charge in [0.15, 0.2) is 0 Å². The van der Waals surface area contributed by atoms with Crippen LogP contribution < -0.4 is 5.32 Å². The molecule has 1 fully saturated rings. The first-order valence-corrected chi connectivity index (χ1v) is 6.39. The summed E-state index contributed by atoms with van der Waals surface area (Å²) >= 11 is 0. The average Bonchev–Trinajstić information content (AvgIpc) is 2.90. The van der Waals surface area contributed by atoms with Crippen molar-refractivity contribution in [3.63, 3.8) is 0 Å². The van der Waals surface area contributed by atoms with Crippen LogP contribution in [0.3, 0.4) is 0 Å². The predicted molar refractivity (Wildman–Crippen MR) is 74.3 cm³/mol. The minimum Gasteiger partial charge on any atom is -0.338 e. The van der Waals surface area contributed by atoms with Crippen molar-refractivity contribution in [2.75, 3.05) is 20.1 Å². The highest BCUT2D eigenvalue weighted by molar-refractivity contribution is 5.91. The number of amides is 1. The molecule has 3 nitrogen and oxygen atoms in total. The summed E-state index contributed by atoms with van der Waals surface area (Å²) in [6.45, 7) is 3.96. The van der Waals surface area contributed by atoms with E-state index < -0.39 is 0 Å². The van der Waals surface area contributed by atoms with E-state index in [1.165, 1.54) is 5.56 Å². The molecule has 1 aliphatic rings. The van der Waals surface area contributed by atoms with Gasteiger partial charge >= 0.3 is 0 Å². The summed E-state index contributed by atoms with van der Waals surface area (Å²) in [5.41, 5.74) is 2.29. The van der Waals surface area contributed by atoms with Crippen LogP contribution in [0.1, 0.15) is 17.5 Å². The molecule has 0 aromatic heterocycles. The van der Waals surface area contributed by atoms with Crippen molar-refractivity contribution in [3.05, 3.63) is 41.5 Å². The lowest BCUT2D eigenvalue weighted by molar-refractivity contribution is -0.126. The van der Waals surface area contributed by atoms with Gasteiger partial charge in [-0.1, -0.05) is 29.8 Å². The van der Waals surface area contributed by atoms with Crippen LogP contribution in [0.5, 0.6) is 0 Å². The van der Waals surface area contributed by atoms with Crippen molar-refractivity contribution < 1.29 is 4.79 Å². The third kappa shape index (κ3) is 3.20. The predicted octanol–water partition coefficient (Wildman–Crippen LogP) is 1.83. The number of hydrogen-bond donors (Lipinski definition) is 1. The Hall–Kier alpha value is -1.61. The maximum absolute atomic E-state index is 12.0. The molecule has 1 aliphatic heterocycles.